The van der Waals surface area contributed by atoms with Gasteiger partial charge in [0.1, 0.15) is 0 Å². The van der Waals surface area contributed by atoms with Crippen LogP contribution < -0.4 is 0 Å². The van der Waals surface area contributed by atoms with Gasteiger partial charge in [-0.05, 0) is 67.7 Å². The van der Waals surface area contributed by atoms with Gasteiger partial charge in [-0.3, -0.25) is 0 Å². The van der Waals surface area contributed by atoms with Crippen LogP contribution in [0.15, 0.2) is 22.7 Å². The third-order valence-electron chi connectivity index (χ3n) is 3.81. The smallest absolute Gasteiger partial charge is 0.0847 e. The Kier molecular flexibility index (Phi) is 4.05. The van der Waals surface area contributed by atoms with Crippen molar-refractivity contribution in [1.82, 2.24) is 0 Å². The van der Waals surface area contributed by atoms with Crippen molar-refractivity contribution >= 4 is 27.5 Å². The summed E-state index contributed by atoms with van der Waals surface area (Å²) in [6.45, 7) is 8.21. The molecule has 0 amide bonds. The molecule has 1 saturated heterocycles. The fraction of sp³-hybridized carbons (Fsp3) is 0.600. The van der Waals surface area contributed by atoms with Gasteiger partial charge in [-0.25, -0.2) is 0 Å². The molecule has 0 aliphatic carbocycles. The molecule has 0 saturated carbocycles. The zero-order valence-corrected chi connectivity index (χ0v) is 14.0. The van der Waals surface area contributed by atoms with Crippen molar-refractivity contribution in [2.45, 2.75) is 51.4 Å². The summed E-state index contributed by atoms with van der Waals surface area (Å²) in [5.41, 5.74) is 0.295. The van der Waals surface area contributed by atoms with Crippen LogP contribution in [-0.2, 0) is 4.74 Å². The van der Waals surface area contributed by atoms with Gasteiger partial charge in [0.2, 0.25) is 0 Å². The average molecular weight is 348 g/mol. The summed E-state index contributed by atoms with van der Waals surface area (Å²) in [6.07, 6.45) is 0.261. The number of hydrogen-bond acceptors (Lipinski definition) is 2. The van der Waals surface area contributed by atoms with Crippen LogP contribution in [-0.4, -0.2) is 16.3 Å². The summed E-state index contributed by atoms with van der Waals surface area (Å²) in [7, 11) is 0. The molecule has 0 aromatic heterocycles. The molecular formula is C15H20BrClO2. The molecule has 1 aromatic rings. The van der Waals surface area contributed by atoms with E-state index in [0.717, 1.165) is 16.5 Å². The average Bonchev–Trinajstić information content (AvgIpc) is 2.49. The van der Waals surface area contributed by atoms with Crippen molar-refractivity contribution < 1.29 is 9.84 Å². The number of aliphatic hydroxyl groups excluding tert-OH is 1. The molecular weight excluding hydrogens is 328 g/mol. The van der Waals surface area contributed by atoms with Crippen molar-refractivity contribution in [3.05, 3.63) is 33.3 Å². The minimum absolute atomic E-state index is 0.0553. The summed E-state index contributed by atoms with van der Waals surface area (Å²) in [5, 5.41) is 11.3. The van der Waals surface area contributed by atoms with Crippen molar-refractivity contribution in [3.8, 4) is 0 Å². The summed E-state index contributed by atoms with van der Waals surface area (Å²) in [4.78, 5) is 0. The Morgan fingerprint density at radius 1 is 1.37 bits per heavy atom. The molecule has 0 spiro atoms. The van der Waals surface area contributed by atoms with E-state index in [1.54, 1.807) is 0 Å². The van der Waals surface area contributed by atoms with Crippen LogP contribution >= 0.6 is 27.5 Å². The molecule has 1 fully saturated rings. The number of hydrogen-bond donors (Lipinski definition) is 1. The summed E-state index contributed by atoms with van der Waals surface area (Å²) >= 11 is 9.47. The standard InChI is InChI=1S/C15H20BrClO2/c1-14(2)8-10(15(3,4)19-14)13(18)9-5-6-11(16)12(17)7-9/h5-7,10,13,18H,8H2,1-4H3. The first-order valence-electron chi connectivity index (χ1n) is 6.45. The lowest BCUT2D eigenvalue weighted by Gasteiger charge is -2.30. The number of benzene rings is 1. The van der Waals surface area contributed by atoms with Crippen molar-refractivity contribution in [2.24, 2.45) is 5.92 Å². The monoisotopic (exact) mass is 346 g/mol. The number of rotatable bonds is 2. The Morgan fingerprint density at radius 3 is 2.47 bits per heavy atom. The predicted molar refractivity (Wildman–Crippen MR) is 81.5 cm³/mol. The van der Waals surface area contributed by atoms with Crippen molar-refractivity contribution in [2.75, 3.05) is 0 Å². The van der Waals surface area contributed by atoms with Gasteiger partial charge >= 0.3 is 0 Å². The van der Waals surface area contributed by atoms with E-state index < -0.39 is 6.10 Å². The fourth-order valence-electron chi connectivity index (χ4n) is 3.03. The van der Waals surface area contributed by atoms with Crippen molar-refractivity contribution in [1.29, 1.82) is 0 Å². The van der Waals surface area contributed by atoms with E-state index in [2.05, 4.69) is 29.8 Å². The molecule has 2 rings (SSSR count). The first-order valence-corrected chi connectivity index (χ1v) is 7.63. The van der Waals surface area contributed by atoms with Gasteiger partial charge < -0.3 is 9.84 Å². The lowest BCUT2D eigenvalue weighted by Crippen LogP contribution is -2.32. The van der Waals surface area contributed by atoms with E-state index in [-0.39, 0.29) is 17.1 Å². The van der Waals surface area contributed by atoms with Gasteiger partial charge in [0.15, 0.2) is 0 Å². The largest absolute Gasteiger partial charge is 0.388 e. The lowest BCUT2D eigenvalue weighted by molar-refractivity contribution is -0.0880. The van der Waals surface area contributed by atoms with E-state index in [1.807, 2.05) is 32.0 Å². The van der Waals surface area contributed by atoms with Gasteiger partial charge in [0.25, 0.3) is 0 Å². The normalized spacial score (nSPS) is 26.4. The Bertz CT molecular complexity index is 485. The molecule has 106 valence electrons. The van der Waals surface area contributed by atoms with E-state index >= 15 is 0 Å². The number of aliphatic hydroxyl groups is 1. The lowest BCUT2D eigenvalue weighted by atomic mass is 9.80. The summed E-state index contributed by atoms with van der Waals surface area (Å²) in [5.74, 6) is 0.0553. The van der Waals surface area contributed by atoms with Gasteiger partial charge in [-0.15, -0.1) is 0 Å². The van der Waals surface area contributed by atoms with Gasteiger partial charge in [0.05, 0.1) is 22.3 Å². The maximum atomic E-state index is 10.6. The minimum Gasteiger partial charge on any atom is -0.388 e. The number of halogens is 2. The SMILES string of the molecule is CC1(C)CC(C(O)c2ccc(Br)c(Cl)c2)C(C)(C)O1. The first kappa shape index (κ1) is 15.3. The topological polar surface area (TPSA) is 29.5 Å². The molecule has 4 heteroatoms. The Morgan fingerprint density at radius 2 is 2.00 bits per heavy atom. The van der Waals surface area contributed by atoms with E-state index in [1.165, 1.54) is 0 Å². The Balaban J connectivity index is 2.28. The highest BCUT2D eigenvalue weighted by atomic mass is 79.9. The molecule has 1 heterocycles. The third-order valence-corrected chi connectivity index (χ3v) is 5.04. The van der Waals surface area contributed by atoms with Crippen LogP contribution in [0.3, 0.4) is 0 Å². The zero-order valence-electron chi connectivity index (χ0n) is 11.7. The second-order valence-corrected chi connectivity index (χ2v) is 7.66. The number of ether oxygens (including phenoxy) is 1. The Labute approximate surface area is 128 Å². The van der Waals surface area contributed by atoms with Gasteiger partial charge in [-0.1, -0.05) is 17.7 Å². The highest BCUT2D eigenvalue weighted by molar-refractivity contribution is 9.10. The molecule has 1 aliphatic rings. The van der Waals surface area contributed by atoms with Gasteiger partial charge in [0, 0.05) is 10.4 Å². The van der Waals surface area contributed by atoms with E-state index in [0.29, 0.717) is 5.02 Å². The second-order valence-electron chi connectivity index (χ2n) is 6.39. The molecule has 1 aromatic carbocycles. The molecule has 19 heavy (non-hydrogen) atoms. The molecule has 1 aliphatic heterocycles. The van der Waals surface area contributed by atoms with Crippen LogP contribution in [0.25, 0.3) is 0 Å². The van der Waals surface area contributed by atoms with Crippen LogP contribution in [0.2, 0.25) is 5.02 Å². The van der Waals surface area contributed by atoms with Crippen LogP contribution in [0.4, 0.5) is 0 Å². The van der Waals surface area contributed by atoms with E-state index in [9.17, 15) is 5.11 Å². The first-order chi connectivity index (χ1) is 8.62. The fourth-order valence-corrected chi connectivity index (χ4v) is 3.46. The highest BCUT2D eigenvalue weighted by Gasteiger charge is 2.49. The van der Waals surface area contributed by atoms with Crippen molar-refractivity contribution in [3.63, 3.8) is 0 Å². The summed E-state index contributed by atoms with van der Waals surface area (Å²) < 4.78 is 6.88. The maximum absolute atomic E-state index is 10.6. The molecule has 0 bridgehead atoms. The molecule has 0 radical (unpaired) electrons. The quantitative estimate of drug-likeness (QED) is 0.838. The summed E-state index contributed by atoms with van der Waals surface area (Å²) in [6, 6.07) is 5.59. The Hall–Kier alpha value is -0.0900. The van der Waals surface area contributed by atoms with Crippen LogP contribution in [0, 0.1) is 5.92 Å². The minimum atomic E-state index is -0.567. The molecule has 2 atom stereocenters. The van der Waals surface area contributed by atoms with Gasteiger partial charge in [-0.2, -0.15) is 0 Å². The zero-order chi connectivity index (χ0) is 14.4. The second kappa shape index (κ2) is 5.03. The van der Waals surface area contributed by atoms with Crippen LogP contribution in [0.5, 0.6) is 0 Å². The van der Waals surface area contributed by atoms with E-state index in [4.69, 9.17) is 16.3 Å². The highest BCUT2D eigenvalue weighted by Crippen LogP contribution is 2.47. The third kappa shape index (κ3) is 3.15. The predicted octanol–water partition coefficient (Wildman–Crippen LogP) is 4.73. The molecule has 1 N–H and O–H groups in total. The maximum Gasteiger partial charge on any atom is 0.0847 e. The molecule has 2 unspecified atom stereocenters. The molecule has 2 nitrogen and oxygen atoms in total. The van der Waals surface area contributed by atoms with Crippen LogP contribution in [0.1, 0.15) is 45.8 Å².